The second-order valence-corrected chi connectivity index (χ2v) is 6.37. The van der Waals surface area contributed by atoms with Gasteiger partial charge in [0.15, 0.2) is 0 Å². The van der Waals surface area contributed by atoms with Crippen molar-refractivity contribution in [2.24, 2.45) is 5.92 Å². The Hall–Kier alpha value is -1.83. The van der Waals surface area contributed by atoms with Crippen molar-refractivity contribution < 1.29 is 9.59 Å². The predicted molar refractivity (Wildman–Crippen MR) is 83.7 cm³/mol. The van der Waals surface area contributed by atoms with Crippen LogP contribution >= 0.6 is 0 Å². The van der Waals surface area contributed by atoms with E-state index >= 15 is 0 Å². The lowest BCUT2D eigenvalue weighted by atomic mass is 9.98. The Kier molecular flexibility index (Phi) is 6.00. The molecule has 0 aromatic carbocycles. The van der Waals surface area contributed by atoms with Crippen molar-refractivity contribution in [1.29, 1.82) is 5.26 Å². The zero-order chi connectivity index (χ0) is 15.9. The van der Waals surface area contributed by atoms with Crippen molar-refractivity contribution in [2.45, 2.75) is 57.9 Å². The fourth-order valence-corrected chi connectivity index (χ4v) is 3.40. The molecule has 1 saturated carbocycles. The molecule has 120 valence electrons. The highest BCUT2D eigenvalue weighted by atomic mass is 16.2. The number of allylic oxidation sites excluding steroid dienone is 1. The highest BCUT2D eigenvalue weighted by molar-refractivity contribution is 5.88. The lowest BCUT2D eigenvalue weighted by Crippen LogP contribution is -2.46. The zero-order valence-corrected chi connectivity index (χ0v) is 13.3. The van der Waals surface area contributed by atoms with Gasteiger partial charge in [0.05, 0.1) is 6.07 Å². The number of piperidine rings is 1. The normalized spacial score (nSPS) is 20.7. The van der Waals surface area contributed by atoms with Gasteiger partial charge < -0.3 is 10.2 Å². The lowest BCUT2D eigenvalue weighted by Gasteiger charge is -2.31. The Balaban J connectivity index is 1.76. The topological polar surface area (TPSA) is 73.2 Å². The van der Waals surface area contributed by atoms with Gasteiger partial charge in [-0.1, -0.05) is 18.4 Å². The minimum absolute atomic E-state index is 0.00815. The fourth-order valence-electron chi connectivity index (χ4n) is 3.40. The number of rotatable bonds is 4. The number of hydrogen-bond donors (Lipinski definition) is 1. The van der Waals surface area contributed by atoms with Crippen molar-refractivity contribution in [3.8, 4) is 6.07 Å². The molecule has 0 spiro atoms. The van der Waals surface area contributed by atoms with Crippen LogP contribution in [-0.2, 0) is 9.59 Å². The first-order valence-electron chi connectivity index (χ1n) is 8.23. The SMILES string of the molecule is C/C(=C\C(=O)NC1CCN(C(=O)CC#N)CC1)C1CCCC1. The standard InChI is InChI=1S/C17H25N3O2/c1-13(14-4-2-3-5-14)12-16(21)19-15-7-10-20(11-8-15)17(22)6-9-18/h12,14-15H,2-8,10-11H2,1H3,(H,19,21)/b13-12+. The molecule has 1 N–H and O–H groups in total. The minimum atomic E-state index is -0.107. The van der Waals surface area contributed by atoms with E-state index in [1.807, 2.05) is 6.07 Å². The molecule has 0 atom stereocenters. The molecule has 22 heavy (non-hydrogen) atoms. The number of likely N-dealkylation sites (tertiary alicyclic amines) is 1. The van der Waals surface area contributed by atoms with E-state index in [1.165, 1.54) is 31.3 Å². The van der Waals surface area contributed by atoms with Gasteiger partial charge in [0.25, 0.3) is 0 Å². The first kappa shape index (κ1) is 16.5. The van der Waals surface area contributed by atoms with E-state index in [-0.39, 0.29) is 24.3 Å². The molecule has 2 rings (SSSR count). The molecule has 1 aliphatic heterocycles. The summed E-state index contributed by atoms with van der Waals surface area (Å²) in [7, 11) is 0. The number of hydrogen-bond acceptors (Lipinski definition) is 3. The van der Waals surface area contributed by atoms with Crippen LogP contribution in [0.5, 0.6) is 0 Å². The van der Waals surface area contributed by atoms with Gasteiger partial charge in [0, 0.05) is 25.2 Å². The van der Waals surface area contributed by atoms with Gasteiger partial charge in [0.1, 0.15) is 6.42 Å². The summed E-state index contributed by atoms with van der Waals surface area (Å²) in [6.07, 6.45) is 8.17. The first-order valence-corrected chi connectivity index (χ1v) is 8.23. The number of carbonyl (C=O) groups excluding carboxylic acids is 2. The van der Waals surface area contributed by atoms with E-state index in [9.17, 15) is 9.59 Å². The Morgan fingerprint density at radius 1 is 1.23 bits per heavy atom. The minimum Gasteiger partial charge on any atom is -0.350 e. The molecule has 0 aromatic rings. The quantitative estimate of drug-likeness (QED) is 0.809. The van der Waals surface area contributed by atoms with Crippen LogP contribution < -0.4 is 5.32 Å². The van der Waals surface area contributed by atoms with Gasteiger partial charge in [-0.2, -0.15) is 5.26 Å². The summed E-state index contributed by atoms with van der Waals surface area (Å²) >= 11 is 0. The van der Waals surface area contributed by atoms with Crippen LogP contribution in [0.1, 0.15) is 51.9 Å². The second-order valence-electron chi connectivity index (χ2n) is 6.37. The van der Waals surface area contributed by atoms with E-state index in [1.54, 1.807) is 11.0 Å². The van der Waals surface area contributed by atoms with Gasteiger partial charge in [-0.05, 0) is 38.5 Å². The van der Waals surface area contributed by atoms with Crippen molar-refractivity contribution in [3.63, 3.8) is 0 Å². The van der Waals surface area contributed by atoms with Gasteiger partial charge in [-0.3, -0.25) is 9.59 Å². The maximum Gasteiger partial charge on any atom is 0.244 e. The Labute approximate surface area is 132 Å². The summed E-state index contributed by atoms with van der Waals surface area (Å²) in [5.74, 6) is 0.464. The number of nitrogens with zero attached hydrogens (tertiary/aromatic N) is 2. The average Bonchev–Trinajstić information content (AvgIpc) is 3.02. The molecule has 1 saturated heterocycles. The third-order valence-corrected chi connectivity index (χ3v) is 4.78. The maximum atomic E-state index is 12.1. The van der Waals surface area contributed by atoms with Crippen molar-refractivity contribution in [1.82, 2.24) is 10.2 Å². The summed E-state index contributed by atoms with van der Waals surface area (Å²) in [6.45, 7) is 3.30. The van der Waals surface area contributed by atoms with Crippen LogP contribution in [0.2, 0.25) is 0 Å². The molecule has 0 aromatic heterocycles. The predicted octanol–water partition coefficient (Wildman–Crippen LogP) is 2.14. The van der Waals surface area contributed by atoms with Gasteiger partial charge in [0.2, 0.25) is 11.8 Å². The Bertz CT molecular complexity index is 479. The monoisotopic (exact) mass is 303 g/mol. The van der Waals surface area contributed by atoms with Gasteiger partial charge in [-0.25, -0.2) is 0 Å². The number of nitrogens with one attached hydrogen (secondary N) is 1. The van der Waals surface area contributed by atoms with Crippen molar-refractivity contribution in [3.05, 3.63) is 11.6 Å². The largest absolute Gasteiger partial charge is 0.350 e. The Morgan fingerprint density at radius 3 is 2.45 bits per heavy atom. The summed E-state index contributed by atoms with van der Waals surface area (Å²) < 4.78 is 0. The third-order valence-electron chi connectivity index (χ3n) is 4.78. The van der Waals surface area contributed by atoms with Crippen LogP contribution in [0.3, 0.4) is 0 Å². The van der Waals surface area contributed by atoms with Crippen LogP contribution in [0.15, 0.2) is 11.6 Å². The van der Waals surface area contributed by atoms with E-state index < -0.39 is 0 Å². The highest BCUT2D eigenvalue weighted by Crippen LogP contribution is 2.30. The summed E-state index contributed by atoms with van der Waals surface area (Å²) in [5.41, 5.74) is 1.19. The Morgan fingerprint density at radius 2 is 1.86 bits per heavy atom. The molecular formula is C17H25N3O2. The summed E-state index contributed by atoms with van der Waals surface area (Å²) in [6, 6.07) is 2.02. The van der Waals surface area contributed by atoms with E-state index in [2.05, 4.69) is 12.2 Å². The molecule has 1 heterocycles. The van der Waals surface area contributed by atoms with Gasteiger partial charge >= 0.3 is 0 Å². The molecule has 0 unspecified atom stereocenters. The highest BCUT2D eigenvalue weighted by Gasteiger charge is 2.23. The molecule has 5 heteroatoms. The van der Waals surface area contributed by atoms with Gasteiger partial charge in [-0.15, -0.1) is 0 Å². The molecule has 2 fully saturated rings. The van der Waals surface area contributed by atoms with Crippen LogP contribution in [0.4, 0.5) is 0 Å². The number of amides is 2. The molecule has 0 bridgehead atoms. The number of carbonyl (C=O) groups is 2. The molecule has 0 radical (unpaired) electrons. The number of nitriles is 1. The van der Waals surface area contributed by atoms with E-state index in [0.717, 1.165) is 12.8 Å². The average molecular weight is 303 g/mol. The smallest absolute Gasteiger partial charge is 0.244 e. The molecule has 2 aliphatic rings. The fraction of sp³-hybridized carbons (Fsp3) is 0.706. The summed E-state index contributed by atoms with van der Waals surface area (Å²) in [4.78, 5) is 25.4. The molecule has 1 aliphatic carbocycles. The maximum absolute atomic E-state index is 12.1. The molecule has 5 nitrogen and oxygen atoms in total. The van der Waals surface area contributed by atoms with Crippen LogP contribution in [0, 0.1) is 17.2 Å². The first-order chi connectivity index (χ1) is 10.6. The summed E-state index contributed by atoms with van der Waals surface area (Å²) in [5, 5.41) is 11.6. The molecule has 2 amide bonds. The van der Waals surface area contributed by atoms with Crippen LogP contribution in [-0.4, -0.2) is 35.8 Å². The zero-order valence-electron chi connectivity index (χ0n) is 13.3. The van der Waals surface area contributed by atoms with Crippen LogP contribution in [0.25, 0.3) is 0 Å². The van der Waals surface area contributed by atoms with E-state index in [4.69, 9.17) is 5.26 Å². The second kappa shape index (κ2) is 7.98. The van der Waals surface area contributed by atoms with Crippen molar-refractivity contribution in [2.75, 3.05) is 13.1 Å². The third kappa shape index (κ3) is 4.59. The lowest BCUT2D eigenvalue weighted by molar-refractivity contribution is -0.131. The van der Waals surface area contributed by atoms with Crippen molar-refractivity contribution >= 4 is 11.8 Å². The molecular weight excluding hydrogens is 278 g/mol. The van der Waals surface area contributed by atoms with E-state index in [0.29, 0.717) is 19.0 Å².